The summed E-state index contributed by atoms with van der Waals surface area (Å²) in [7, 11) is 0. The van der Waals surface area contributed by atoms with Gasteiger partial charge in [0.2, 0.25) is 0 Å². The maximum atomic E-state index is 13.3. The van der Waals surface area contributed by atoms with Gasteiger partial charge in [0, 0.05) is 18.7 Å². The molecule has 0 bridgehead atoms. The minimum Gasteiger partial charge on any atom is -0.392 e. The van der Waals surface area contributed by atoms with Crippen LogP contribution in [0.2, 0.25) is 0 Å². The summed E-state index contributed by atoms with van der Waals surface area (Å²) in [5.41, 5.74) is 0.282. The van der Waals surface area contributed by atoms with Crippen molar-refractivity contribution in [1.82, 2.24) is 5.32 Å². The standard InChI is InChI=1S/C13H20FNO2/c1-2-5-10(16)8-15-9-13(17)11-6-3-4-7-12(11)14/h3-4,6-7,10,13,15-17H,2,5,8-9H2,1H3. The van der Waals surface area contributed by atoms with Crippen LogP contribution in [0, 0.1) is 5.82 Å². The number of hydrogen-bond donors (Lipinski definition) is 3. The van der Waals surface area contributed by atoms with Crippen LogP contribution in [-0.4, -0.2) is 29.4 Å². The normalized spacial score (nSPS) is 14.6. The predicted molar refractivity (Wildman–Crippen MR) is 65.1 cm³/mol. The molecule has 0 heterocycles. The Morgan fingerprint density at radius 3 is 2.59 bits per heavy atom. The maximum absolute atomic E-state index is 13.3. The summed E-state index contributed by atoms with van der Waals surface area (Å²) in [6, 6.07) is 6.16. The third-order valence-corrected chi connectivity index (χ3v) is 2.60. The second-order valence-corrected chi connectivity index (χ2v) is 4.14. The van der Waals surface area contributed by atoms with Gasteiger partial charge in [-0.2, -0.15) is 0 Å². The van der Waals surface area contributed by atoms with Crippen LogP contribution in [0.4, 0.5) is 4.39 Å². The number of rotatable bonds is 7. The first-order chi connectivity index (χ1) is 8.15. The van der Waals surface area contributed by atoms with Crippen LogP contribution in [0.15, 0.2) is 24.3 Å². The van der Waals surface area contributed by atoms with Crippen molar-refractivity contribution in [3.8, 4) is 0 Å². The third kappa shape index (κ3) is 4.81. The van der Waals surface area contributed by atoms with E-state index >= 15 is 0 Å². The average Bonchev–Trinajstić information content (AvgIpc) is 2.29. The van der Waals surface area contributed by atoms with E-state index in [0.29, 0.717) is 6.54 Å². The highest BCUT2D eigenvalue weighted by Crippen LogP contribution is 2.15. The van der Waals surface area contributed by atoms with Crippen LogP contribution < -0.4 is 5.32 Å². The number of aliphatic hydroxyl groups is 2. The molecule has 0 spiro atoms. The molecule has 0 aliphatic rings. The summed E-state index contributed by atoms with van der Waals surface area (Å²) < 4.78 is 13.3. The fourth-order valence-corrected chi connectivity index (χ4v) is 1.68. The topological polar surface area (TPSA) is 52.5 Å². The Labute approximate surface area is 101 Å². The summed E-state index contributed by atoms with van der Waals surface area (Å²) >= 11 is 0. The first-order valence-corrected chi connectivity index (χ1v) is 5.96. The van der Waals surface area contributed by atoms with E-state index in [1.165, 1.54) is 6.07 Å². The molecule has 4 heteroatoms. The Balaban J connectivity index is 2.35. The summed E-state index contributed by atoms with van der Waals surface area (Å²) in [6.07, 6.45) is 0.347. The SMILES string of the molecule is CCCC(O)CNCC(O)c1ccccc1F. The molecule has 1 rings (SSSR count). The molecule has 3 N–H and O–H groups in total. The van der Waals surface area contributed by atoms with Gasteiger partial charge in [0.05, 0.1) is 12.2 Å². The second kappa shape index (κ2) is 7.37. The number of benzene rings is 1. The molecule has 0 saturated carbocycles. The van der Waals surface area contributed by atoms with E-state index in [0.717, 1.165) is 12.8 Å². The van der Waals surface area contributed by atoms with Crippen molar-refractivity contribution >= 4 is 0 Å². The average molecular weight is 241 g/mol. The molecular weight excluding hydrogens is 221 g/mol. The molecule has 2 unspecified atom stereocenters. The van der Waals surface area contributed by atoms with Crippen molar-refractivity contribution in [2.75, 3.05) is 13.1 Å². The van der Waals surface area contributed by atoms with E-state index in [9.17, 15) is 14.6 Å². The van der Waals surface area contributed by atoms with Crippen LogP contribution in [0.3, 0.4) is 0 Å². The molecule has 0 aromatic heterocycles. The first kappa shape index (κ1) is 14.1. The fourth-order valence-electron chi connectivity index (χ4n) is 1.68. The molecule has 0 amide bonds. The van der Waals surface area contributed by atoms with Crippen molar-refractivity contribution in [3.05, 3.63) is 35.6 Å². The van der Waals surface area contributed by atoms with Gasteiger partial charge in [-0.1, -0.05) is 31.5 Å². The van der Waals surface area contributed by atoms with E-state index in [-0.39, 0.29) is 12.1 Å². The Kier molecular flexibility index (Phi) is 6.11. The van der Waals surface area contributed by atoms with E-state index in [2.05, 4.69) is 5.32 Å². The smallest absolute Gasteiger partial charge is 0.129 e. The number of nitrogens with one attached hydrogen (secondary N) is 1. The zero-order chi connectivity index (χ0) is 12.7. The van der Waals surface area contributed by atoms with E-state index < -0.39 is 18.0 Å². The highest BCUT2D eigenvalue weighted by Gasteiger charge is 2.12. The van der Waals surface area contributed by atoms with Crippen LogP contribution in [-0.2, 0) is 0 Å². The Bertz CT molecular complexity index is 333. The molecule has 1 aromatic rings. The Morgan fingerprint density at radius 1 is 1.24 bits per heavy atom. The van der Waals surface area contributed by atoms with Gasteiger partial charge in [0.15, 0.2) is 0 Å². The summed E-state index contributed by atoms with van der Waals surface area (Å²) in [5.74, 6) is -0.407. The summed E-state index contributed by atoms with van der Waals surface area (Å²) in [6.45, 7) is 2.65. The van der Waals surface area contributed by atoms with Gasteiger partial charge in [-0.15, -0.1) is 0 Å². The van der Waals surface area contributed by atoms with Crippen molar-refractivity contribution in [2.24, 2.45) is 0 Å². The van der Waals surface area contributed by atoms with Gasteiger partial charge in [0.25, 0.3) is 0 Å². The molecule has 2 atom stereocenters. The lowest BCUT2D eigenvalue weighted by Gasteiger charge is -2.15. The van der Waals surface area contributed by atoms with E-state index in [1.807, 2.05) is 6.92 Å². The van der Waals surface area contributed by atoms with Crippen LogP contribution in [0.1, 0.15) is 31.4 Å². The first-order valence-electron chi connectivity index (χ1n) is 5.96. The van der Waals surface area contributed by atoms with Crippen molar-refractivity contribution < 1.29 is 14.6 Å². The van der Waals surface area contributed by atoms with Gasteiger partial charge in [-0.25, -0.2) is 4.39 Å². The number of hydrogen-bond acceptors (Lipinski definition) is 3. The quantitative estimate of drug-likeness (QED) is 0.680. The van der Waals surface area contributed by atoms with Crippen molar-refractivity contribution in [2.45, 2.75) is 32.0 Å². The molecule has 0 fully saturated rings. The Morgan fingerprint density at radius 2 is 1.94 bits per heavy atom. The number of halogens is 1. The molecule has 96 valence electrons. The Hall–Kier alpha value is -0.970. The van der Waals surface area contributed by atoms with Crippen LogP contribution in [0.25, 0.3) is 0 Å². The summed E-state index contributed by atoms with van der Waals surface area (Å²) in [4.78, 5) is 0. The van der Waals surface area contributed by atoms with Gasteiger partial charge >= 0.3 is 0 Å². The van der Waals surface area contributed by atoms with E-state index in [4.69, 9.17) is 0 Å². The molecule has 3 nitrogen and oxygen atoms in total. The lowest BCUT2D eigenvalue weighted by Crippen LogP contribution is -2.30. The second-order valence-electron chi connectivity index (χ2n) is 4.14. The van der Waals surface area contributed by atoms with Gasteiger partial charge in [-0.3, -0.25) is 0 Å². The highest BCUT2D eigenvalue weighted by molar-refractivity contribution is 5.19. The maximum Gasteiger partial charge on any atom is 0.129 e. The molecule has 1 aromatic carbocycles. The predicted octanol–water partition coefficient (Wildman–Crippen LogP) is 1.61. The van der Waals surface area contributed by atoms with Crippen LogP contribution in [0.5, 0.6) is 0 Å². The molecule has 0 saturated heterocycles. The lowest BCUT2D eigenvalue weighted by molar-refractivity contribution is 0.138. The number of aliphatic hydroxyl groups excluding tert-OH is 2. The van der Waals surface area contributed by atoms with Crippen molar-refractivity contribution in [1.29, 1.82) is 0 Å². The lowest BCUT2D eigenvalue weighted by atomic mass is 10.1. The minimum atomic E-state index is -0.884. The van der Waals surface area contributed by atoms with Gasteiger partial charge < -0.3 is 15.5 Å². The van der Waals surface area contributed by atoms with Gasteiger partial charge in [-0.05, 0) is 12.5 Å². The van der Waals surface area contributed by atoms with Crippen LogP contribution >= 0.6 is 0 Å². The molecule has 0 aliphatic heterocycles. The fraction of sp³-hybridized carbons (Fsp3) is 0.538. The van der Waals surface area contributed by atoms with E-state index in [1.54, 1.807) is 18.2 Å². The molecule has 0 radical (unpaired) electrons. The largest absolute Gasteiger partial charge is 0.392 e. The monoisotopic (exact) mass is 241 g/mol. The molecule has 0 aliphatic carbocycles. The van der Waals surface area contributed by atoms with Gasteiger partial charge in [0.1, 0.15) is 5.82 Å². The molecular formula is C13H20FNO2. The summed E-state index contributed by atoms with van der Waals surface area (Å²) in [5, 5.41) is 22.2. The molecule has 17 heavy (non-hydrogen) atoms. The van der Waals surface area contributed by atoms with Crippen molar-refractivity contribution in [3.63, 3.8) is 0 Å². The zero-order valence-corrected chi connectivity index (χ0v) is 10.1. The zero-order valence-electron chi connectivity index (χ0n) is 10.1. The highest BCUT2D eigenvalue weighted by atomic mass is 19.1. The minimum absolute atomic E-state index is 0.238. The third-order valence-electron chi connectivity index (χ3n) is 2.60.